The average molecular weight is 450 g/mol. The molecule has 2 heterocycles. The number of amides is 2. The molecular weight excluding hydrogens is 429 g/mol. The Morgan fingerprint density at radius 3 is 2.69 bits per heavy atom. The largest absolute Gasteiger partial charge is 0.348 e. The molecule has 0 aliphatic carbocycles. The van der Waals surface area contributed by atoms with E-state index in [4.69, 9.17) is 0 Å². The molecule has 2 amide bonds. The van der Waals surface area contributed by atoms with Crippen molar-refractivity contribution in [1.82, 2.24) is 19.9 Å². The lowest BCUT2D eigenvalue weighted by Crippen LogP contribution is -2.23. The molecule has 2 aromatic heterocycles. The highest BCUT2D eigenvalue weighted by atomic mass is 32.2. The maximum atomic E-state index is 13.4. The summed E-state index contributed by atoms with van der Waals surface area (Å²) in [6, 6.07) is 17.2. The van der Waals surface area contributed by atoms with Crippen LogP contribution in [0.1, 0.15) is 21.5 Å². The summed E-state index contributed by atoms with van der Waals surface area (Å²) in [6.45, 7) is 2.21. The zero-order valence-corrected chi connectivity index (χ0v) is 18.0. The van der Waals surface area contributed by atoms with Gasteiger partial charge in [0.05, 0.1) is 11.3 Å². The van der Waals surface area contributed by atoms with E-state index >= 15 is 0 Å². The van der Waals surface area contributed by atoms with Crippen molar-refractivity contribution < 1.29 is 14.0 Å². The standard InChI is InChI=1S/C23H20FN5O2S/c1-15-7-9-18(24)11-19(15)26-21(30)14-32-23-28-27-20-10-8-17(13-29(20)23)22(31)25-12-16-5-3-2-4-6-16/h2-11,13H,12,14H2,1H3,(H,25,31)(H,26,30). The summed E-state index contributed by atoms with van der Waals surface area (Å²) >= 11 is 1.18. The molecule has 7 nitrogen and oxygen atoms in total. The summed E-state index contributed by atoms with van der Waals surface area (Å²) in [5, 5.41) is 14.2. The highest BCUT2D eigenvalue weighted by Gasteiger charge is 2.13. The van der Waals surface area contributed by atoms with Gasteiger partial charge in [-0.2, -0.15) is 0 Å². The Kier molecular flexibility index (Phi) is 6.46. The molecule has 0 atom stereocenters. The quantitative estimate of drug-likeness (QED) is 0.419. The molecule has 0 saturated carbocycles. The van der Waals surface area contributed by atoms with Gasteiger partial charge in [-0.25, -0.2) is 4.39 Å². The third-order valence-corrected chi connectivity index (χ3v) is 5.68. The Morgan fingerprint density at radius 2 is 1.88 bits per heavy atom. The van der Waals surface area contributed by atoms with Crippen molar-refractivity contribution in [3.63, 3.8) is 0 Å². The van der Waals surface area contributed by atoms with Gasteiger partial charge in [-0.1, -0.05) is 48.2 Å². The minimum atomic E-state index is -0.417. The lowest BCUT2D eigenvalue weighted by Gasteiger charge is -2.08. The van der Waals surface area contributed by atoms with Crippen molar-refractivity contribution in [2.75, 3.05) is 11.1 Å². The number of hydrogen-bond acceptors (Lipinski definition) is 5. The van der Waals surface area contributed by atoms with Gasteiger partial charge in [0.25, 0.3) is 5.91 Å². The van der Waals surface area contributed by atoms with Crippen molar-refractivity contribution in [3.8, 4) is 0 Å². The monoisotopic (exact) mass is 449 g/mol. The lowest BCUT2D eigenvalue weighted by atomic mass is 10.2. The molecule has 0 spiro atoms. The fourth-order valence-electron chi connectivity index (χ4n) is 3.03. The van der Waals surface area contributed by atoms with E-state index in [-0.39, 0.29) is 17.6 Å². The van der Waals surface area contributed by atoms with Gasteiger partial charge >= 0.3 is 0 Å². The van der Waals surface area contributed by atoms with Gasteiger partial charge in [-0.3, -0.25) is 14.0 Å². The number of nitrogens with one attached hydrogen (secondary N) is 2. The molecule has 0 bridgehead atoms. The fraction of sp³-hybridized carbons (Fsp3) is 0.130. The molecule has 0 saturated heterocycles. The van der Waals surface area contributed by atoms with E-state index in [0.717, 1.165) is 11.1 Å². The first kappa shape index (κ1) is 21.5. The van der Waals surface area contributed by atoms with Crippen LogP contribution in [-0.2, 0) is 11.3 Å². The Morgan fingerprint density at radius 1 is 1.06 bits per heavy atom. The summed E-state index contributed by atoms with van der Waals surface area (Å²) in [5.41, 5.74) is 3.22. The zero-order valence-electron chi connectivity index (χ0n) is 17.2. The highest BCUT2D eigenvalue weighted by molar-refractivity contribution is 7.99. The summed E-state index contributed by atoms with van der Waals surface area (Å²) in [7, 11) is 0. The number of nitrogens with zero attached hydrogens (tertiary/aromatic N) is 3. The Labute approximate surface area is 188 Å². The number of thioether (sulfide) groups is 1. The number of fused-ring (bicyclic) bond motifs is 1. The van der Waals surface area contributed by atoms with Crippen molar-refractivity contribution in [2.24, 2.45) is 0 Å². The zero-order chi connectivity index (χ0) is 22.5. The van der Waals surface area contributed by atoms with Crippen LogP contribution < -0.4 is 10.6 Å². The number of carbonyl (C=O) groups excluding carboxylic acids is 2. The minimum absolute atomic E-state index is 0.0567. The summed E-state index contributed by atoms with van der Waals surface area (Å²) in [6.07, 6.45) is 1.65. The molecule has 32 heavy (non-hydrogen) atoms. The van der Waals surface area contributed by atoms with Crippen molar-refractivity contribution in [2.45, 2.75) is 18.6 Å². The third-order valence-electron chi connectivity index (χ3n) is 4.74. The first-order valence-corrected chi connectivity index (χ1v) is 10.8. The van der Waals surface area contributed by atoms with Gasteiger partial charge in [0.15, 0.2) is 10.8 Å². The Balaban J connectivity index is 1.41. The number of aryl methyl sites for hydroxylation is 1. The molecule has 0 unspecified atom stereocenters. The fourth-order valence-corrected chi connectivity index (χ4v) is 3.74. The maximum absolute atomic E-state index is 13.4. The molecule has 2 aromatic carbocycles. The van der Waals surface area contributed by atoms with E-state index in [1.165, 1.54) is 23.9 Å². The molecule has 0 fully saturated rings. The van der Waals surface area contributed by atoms with Gasteiger partial charge < -0.3 is 10.6 Å². The Bertz CT molecular complexity index is 1280. The van der Waals surface area contributed by atoms with Crippen LogP contribution in [0.2, 0.25) is 0 Å². The predicted octanol–water partition coefficient (Wildman–Crippen LogP) is 3.84. The number of hydrogen-bond donors (Lipinski definition) is 2. The number of pyridine rings is 1. The molecule has 0 aliphatic rings. The van der Waals surface area contributed by atoms with Crippen LogP contribution in [-0.4, -0.2) is 32.2 Å². The number of carbonyl (C=O) groups is 2. The smallest absolute Gasteiger partial charge is 0.253 e. The number of aromatic nitrogens is 3. The van der Waals surface area contributed by atoms with Crippen LogP contribution in [0.4, 0.5) is 10.1 Å². The number of rotatable bonds is 7. The number of halogens is 1. The van der Waals surface area contributed by atoms with E-state index in [1.54, 1.807) is 35.7 Å². The van der Waals surface area contributed by atoms with E-state index in [9.17, 15) is 14.0 Å². The first-order valence-electron chi connectivity index (χ1n) is 9.85. The molecule has 0 radical (unpaired) electrons. The van der Waals surface area contributed by atoms with Gasteiger partial charge in [0.1, 0.15) is 5.82 Å². The van der Waals surface area contributed by atoms with Gasteiger partial charge in [-0.05, 0) is 42.3 Å². The van der Waals surface area contributed by atoms with E-state index in [2.05, 4.69) is 20.8 Å². The van der Waals surface area contributed by atoms with Crippen LogP contribution >= 0.6 is 11.8 Å². The molecule has 162 valence electrons. The van der Waals surface area contributed by atoms with Gasteiger partial charge in [0, 0.05) is 18.4 Å². The van der Waals surface area contributed by atoms with Crippen molar-refractivity contribution in [1.29, 1.82) is 0 Å². The molecule has 2 N–H and O–H groups in total. The lowest BCUT2D eigenvalue weighted by molar-refractivity contribution is -0.113. The summed E-state index contributed by atoms with van der Waals surface area (Å²) < 4.78 is 15.1. The number of benzene rings is 2. The molecule has 4 aromatic rings. The van der Waals surface area contributed by atoms with E-state index in [0.29, 0.717) is 28.6 Å². The molecule has 0 aliphatic heterocycles. The van der Waals surface area contributed by atoms with E-state index in [1.807, 2.05) is 30.3 Å². The molecule has 4 rings (SSSR count). The van der Waals surface area contributed by atoms with Crippen LogP contribution in [0.3, 0.4) is 0 Å². The second-order valence-corrected chi connectivity index (χ2v) is 8.04. The Hall–Kier alpha value is -3.72. The highest BCUT2D eigenvalue weighted by Crippen LogP contribution is 2.20. The maximum Gasteiger partial charge on any atom is 0.253 e. The average Bonchev–Trinajstić information content (AvgIpc) is 3.21. The summed E-state index contributed by atoms with van der Waals surface area (Å²) in [4.78, 5) is 24.9. The second-order valence-electron chi connectivity index (χ2n) is 7.09. The van der Waals surface area contributed by atoms with Crippen LogP contribution in [0.5, 0.6) is 0 Å². The minimum Gasteiger partial charge on any atom is -0.348 e. The van der Waals surface area contributed by atoms with Crippen molar-refractivity contribution >= 4 is 34.9 Å². The SMILES string of the molecule is Cc1ccc(F)cc1NC(=O)CSc1nnc2ccc(C(=O)NCc3ccccc3)cn12. The van der Waals surface area contributed by atoms with Gasteiger partial charge in [-0.15, -0.1) is 10.2 Å². The first-order chi connectivity index (χ1) is 15.5. The van der Waals surface area contributed by atoms with Crippen LogP contribution in [0.25, 0.3) is 5.65 Å². The van der Waals surface area contributed by atoms with Crippen LogP contribution in [0.15, 0.2) is 72.0 Å². The topological polar surface area (TPSA) is 88.4 Å². The van der Waals surface area contributed by atoms with Gasteiger partial charge in [0.2, 0.25) is 5.91 Å². The summed E-state index contributed by atoms with van der Waals surface area (Å²) in [5.74, 6) is -0.877. The third kappa shape index (κ3) is 5.12. The predicted molar refractivity (Wildman–Crippen MR) is 121 cm³/mol. The number of anilines is 1. The van der Waals surface area contributed by atoms with E-state index < -0.39 is 5.82 Å². The molecule has 9 heteroatoms. The van der Waals surface area contributed by atoms with Crippen LogP contribution in [0, 0.1) is 12.7 Å². The normalized spacial score (nSPS) is 10.8. The van der Waals surface area contributed by atoms with Crippen molar-refractivity contribution in [3.05, 3.63) is 89.4 Å². The second kappa shape index (κ2) is 9.61. The molecular formula is C23H20FN5O2S.